The molecule has 2 heterocycles. The SMILES string of the molecule is CCCOc1nc(Cl)nc(N2CCSC(C)C2C)n1. The molecule has 2 unspecified atom stereocenters. The Labute approximate surface area is 123 Å². The Morgan fingerprint density at radius 2 is 2.16 bits per heavy atom. The number of anilines is 1. The zero-order valence-corrected chi connectivity index (χ0v) is 13.0. The molecule has 1 fully saturated rings. The summed E-state index contributed by atoms with van der Waals surface area (Å²) in [6.07, 6.45) is 0.909. The molecule has 2 rings (SSSR count). The number of rotatable bonds is 4. The number of hydrogen-bond donors (Lipinski definition) is 0. The van der Waals surface area contributed by atoms with Crippen molar-refractivity contribution in [2.24, 2.45) is 0 Å². The lowest BCUT2D eigenvalue weighted by molar-refractivity contribution is 0.291. The minimum atomic E-state index is 0.189. The van der Waals surface area contributed by atoms with Crippen molar-refractivity contribution in [1.29, 1.82) is 0 Å². The third kappa shape index (κ3) is 3.63. The summed E-state index contributed by atoms with van der Waals surface area (Å²) in [5.74, 6) is 1.69. The van der Waals surface area contributed by atoms with Crippen molar-refractivity contribution in [3.8, 4) is 6.01 Å². The topological polar surface area (TPSA) is 51.1 Å². The van der Waals surface area contributed by atoms with Gasteiger partial charge >= 0.3 is 6.01 Å². The van der Waals surface area contributed by atoms with Crippen LogP contribution in [0.3, 0.4) is 0 Å². The van der Waals surface area contributed by atoms with Crippen LogP contribution in [0.25, 0.3) is 0 Å². The first kappa shape index (κ1) is 14.7. The van der Waals surface area contributed by atoms with Crippen LogP contribution in [-0.2, 0) is 0 Å². The summed E-state index contributed by atoms with van der Waals surface area (Å²) in [5, 5.41) is 0.735. The number of hydrogen-bond acceptors (Lipinski definition) is 6. The maximum atomic E-state index is 5.96. The second-order valence-electron chi connectivity index (χ2n) is 4.55. The molecule has 2 atom stereocenters. The minimum Gasteiger partial charge on any atom is -0.463 e. The third-order valence-electron chi connectivity index (χ3n) is 3.15. The highest BCUT2D eigenvalue weighted by Crippen LogP contribution is 2.28. The molecule has 0 saturated carbocycles. The van der Waals surface area contributed by atoms with E-state index in [4.69, 9.17) is 16.3 Å². The summed E-state index contributed by atoms with van der Waals surface area (Å²) in [4.78, 5) is 14.8. The van der Waals surface area contributed by atoms with Crippen molar-refractivity contribution in [3.05, 3.63) is 5.28 Å². The van der Waals surface area contributed by atoms with Crippen LogP contribution in [0.2, 0.25) is 5.28 Å². The van der Waals surface area contributed by atoms with Gasteiger partial charge in [-0.3, -0.25) is 0 Å². The Kier molecular flexibility index (Phi) is 5.10. The van der Waals surface area contributed by atoms with Gasteiger partial charge in [0.15, 0.2) is 0 Å². The standard InChI is InChI=1S/C12H19ClN4OS/c1-4-6-18-12-15-10(13)14-11(16-12)17-5-7-19-9(3)8(17)2/h8-9H,4-7H2,1-3H3. The van der Waals surface area contributed by atoms with Gasteiger partial charge in [-0.25, -0.2) is 0 Å². The Balaban J connectivity index is 2.20. The first-order chi connectivity index (χ1) is 9.11. The van der Waals surface area contributed by atoms with E-state index in [0.29, 0.717) is 29.9 Å². The smallest absolute Gasteiger partial charge is 0.322 e. The van der Waals surface area contributed by atoms with Gasteiger partial charge in [0.2, 0.25) is 11.2 Å². The van der Waals surface area contributed by atoms with Gasteiger partial charge in [0, 0.05) is 23.6 Å². The molecule has 0 radical (unpaired) electrons. The summed E-state index contributed by atoms with van der Waals surface area (Å²) in [6, 6.07) is 0.686. The Morgan fingerprint density at radius 1 is 1.37 bits per heavy atom. The summed E-state index contributed by atoms with van der Waals surface area (Å²) < 4.78 is 5.45. The molecule has 1 saturated heterocycles. The van der Waals surface area contributed by atoms with E-state index in [2.05, 4.69) is 33.7 Å². The van der Waals surface area contributed by atoms with Gasteiger partial charge in [0.25, 0.3) is 0 Å². The molecule has 7 heteroatoms. The molecule has 0 aromatic carbocycles. The number of aromatic nitrogens is 3. The highest BCUT2D eigenvalue weighted by Gasteiger charge is 2.27. The molecule has 1 aromatic heterocycles. The summed E-state index contributed by atoms with van der Waals surface area (Å²) in [6.45, 7) is 7.94. The summed E-state index contributed by atoms with van der Waals surface area (Å²) >= 11 is 7.93. The second kappa shape index (κ2) is 6.61. The Morgan fingerprint density at radius 3 is 2.89 bits per heavy atom. The fourth-order valence-electron chi connectivity index (χ4n) is 1.92. The first-order valence-electron chi connectivity index (χ1n) is 6.54. The fraction of sp³-hybridized carbons (Fsp3) is 0.750. The van der Waals surface area contributed by atoms with E-state index in [1.807, 2.05) is 18.7 Å². The van der Waals surface area contributed by atoms with Crippen molar-refractivity contribution in [2.45, 2.75) is 38.5 Å². The molecule has 106 valence electrons. The van der Waals surface area contributed by atoms with Crippen LogP contribution in [0.5, 0.6) is 6.01 Å². The van der Waals surface area contributed by atoms with Crippen LogP contribution >= 0.6 is 23.4 Å². The van der Waals surface area contributed by atoms with Crippen molar-refractivity contribution in [2.75, 3.05) is 23.8 Å². The summed E-state index contributed by atoms with van der Waals surface area (Å²) in [7, 11) is 0. The maximum Gasteiger partial charge on any atom is 0.322 e. The van der Waals surface area contributed by atoms with E-state index < -0.39 is 0 Å². The van der Waals surface area contributed by atoms with E-state index in [-0.39, 0.29) is 5.28 Å². The lowest BCUT2D eigenvalue weighted by Crippen LogP contribution is -2.45. The van der Waals surface area contributed by atoms with Crippen LogP contribution < -0.4 is 9.64 Å². The molecular formula is C12H19ClN4OS. The number of thioether (sulfide) groups is 1. The van der Waals surface area contributed by atoms with Gasteiger partial charge in [-0.05, 0) is 24.9 Å². The predicted octanol–water partition coefficient (Wildman–Crippen LogP) is 2.64. The first-order valence-corrected chi connectivity index (χ1v) is 7.97. The lowest BCUT2D eigenvalue weighted by Gasteiger charge is -2.37. The molecule has 5 nitrogen and oxygen atoms in total. The molecule has 0 spiro atoms. The van der Waals surface area contributed by atoms with Crippen molar-refractivity contribution >= 4 is 29.3 Å². The van der Waals surface area contributed by atoms with Gasteiger partial charge in [0.05, 0.1) is 6.61 Å². The largest absolute Gasteiger partial charge is 0.463 e. The minimum absolute atomic E-state index is 0.189. The molecular weight excluding hydrogens is 284 g/mol. The van der Waals surface area contributed by atoms with Crippen LogP contribution in [0, 0.1) is 0 Å². The highest BCUT2D eigenvalue weighted by molar-refractivity contribution is 8.00. The van der Waals surface area contributed by atoms with Gasteiger partial charge in [-0.1, -0.05) is 13.8 Å². The van der Waals surface area contributed by atoms with Crippen LogP contribution in [-0.4, -0.2) is 45.1 Å². The average molecular weight is 303 g/mol. The normalized spacial score (nSPS) is 23.5. The second-order valence-corrected chi connectivity index (χ2v) is 6.37. The van der Waals surface area contributed by atoms with Crippen LogP contribution in [0.15, 0.2) is 0 Å². The van der Waals surface area contributed by atoms with E-state index in [9.17, 15) is 0 Å². The van der Waals surface area contributed by atoms with Crippen molar-refractivity contribution in [3.63, 3.8) is 0 Å². The molecule has 1 aliphatic heterocycles. The Bertz CT molecular complexity index is 434. The predicted molar refractivity (Wildman–Crippen MR) is 79.4 cm³/mol. The molecule has 0 aliphatic carbocycles. The van der Waals surface area contributed by atoms with Gasteiger partial charge in [0.1, 0.15) is 0 Å². The van der Waals surface area contributed by atoms with E-state index in [1.54, 1.807) is 0 Å². The number of nitrogens with zero attached hydrogens (tertiary/aromatic N) is 4. The van der Waals surface area contributed by atoms with Crippen LogP contribution in [0.1, 0.15) is 27.2 Å². The Hall–Kier alpha value is -0.750. The molecule has 1 aliphatic rings. The van der Waals surface area contributed by atoms with E-state index in [0.717, 1.165) is 18.7 Å². The zero-order valence-electron chi connectivity index (χ0n) is 11.5. The number of ether oxygens (including phenoxy) is 1. The fourth-order valence-corrected chi connectivity index (χ4v) is 3.17. The average Bonchev–Trinajstić information content (AvgIpc) is 2.39. The maximum absolute atomic E-state index is 5.96. The molecule has 0 amide bonds. The molecule has 0 bridgehead atoms. The zero-order chi connectivity index (χ0) is 13.8. The van der Waals surface area contributed by atoms with Crippen molar-refractivity contribution in [1.82, 2.24) is 15.0 Å². The van der Waals surface area contributed by atoms with Gasteiger partial charge < -0.3 is 9.64 Å². The lowest BCUT2D eigenvalue weighted by atomic mass is 10.2. The quantitative estimate of drug-likeness (QED) is 0.852. The van der Waals surface area contributed by atoms with Gasteiger partial charge in [-0.15, -0.1) is 0 Å². The molecule has 0 N–H and O–H groups in total. The molecule has 19 heavy (non-hydrogen) atoms. The van der Waals surface area contributed by atoms with Crippen molar-refractivity contribution < 1.29 is 4.74 Å². The van der Waals surface area contributed by atoms with Crippen LogP contribution in [0.4, 0.5) is 5.95 Å². The van der Waals surface area contributed by atoms with E-state index in [1.165, 1.54) is 0 Å². The van der Waals surface area contributed by atoms with Gasteiger partial charge in [-0.2, -0.15) is 26.7 Å². The third-order valence-corrected chi connectivity index (χ3v) is 4.66. The highest BCUT2D eigenvalue weighted by atomic mass is 35.5. The molecule has 1 aromatic rings. The number of halogens is 1. The monoisotopic (exact) mass is 302 g/mol. The summed E-state index contributed by atoms with van der Waals surface area (Å²) in [5.41, 5.74) is 0. The van der Waals surface area contributed by atoms with E-state index >= 15 is 0 Å².